The van der Waals surface area contributed by atoms with E-state index in [0.29, 0.717) is 0 Å². The van der Waals surface area contributed by atoms with E-state index in [1.807, 2.05) is 0 Å². The lowest BCUT2D eigenvalue weighted by molar-refractivity contribution is -0.142. The van der Waals surface area contributed by atoms with Crippen molar-refractivity contribution in [3.8, 4) is 0 Å². The largest absolute Gasteiger partial charge is 0.481 e. The Labute approximate surface area is 208 Å². The van der Waals surface area contributed by atoms with Gasteiger partial charge in [-0.05, 0) is 44.4 Å². The Morgan fingerprint density at radius 3 is 1.52 bits per heavy atom. The standard InChI is InChI=1S/C31H60O2/c1-4-6-7-8-9-10-11-12-13-17-20-23-27-30(31(32)33)28-24-21-18-15-14-16-19-22-26-29(3)25-5-2/h16,19,29-30H,4-15,17-18,20-28H2,1-3H3,(H,32,33)/b19-16-. The van der Waals surface area contributed by atoms with Gasteiger partial charge in [-0.15, -0.1) is 0 Å². The lowest BCUT2D eigenvalue weighted by Gasteiger charge is -2.12. The van der Waals surface area contributed by atoms with Crippen LogP contribution in [0.4, 0.5) is 0 Å². The van der Waals surface area contributed by atoms with Crippen LogP contribution >= 0.6 is 0 Å². The molecule has 33 heavy (non-hydrogen) atoms. The van der Waals surface area contributed by atoms with E-state index in [0.717, 1.165) is 31.6 Å². The van der Waals surface area contributed by atoms with Crippen molar-refractivity contribution in [3.05, 3.63) is 12.2 Å². The molecule has 0 aliphatic carbocycles. The maximum absolute atomic E-state index is 11.6. The van der Waals surface area contributed by atoms with Crippen molar-refractivity contribution < 1.29 is 9.90 Å². The lowest BCUT2D eigenvalue weighted by atomic mass is 9.94. The SMILES string of the molecule is CCCCCCCCCCCCCCC(CCCCCC/C=C\CCC(C)CCC)C(=O)O. The third-order valence-electron chi connectivity index (χ3n) is 7.20. The summed E-state index contributed by atoms with van der Waals surface area (Å²) < 4.78 is 0. The van der Waals surface area contributed by atoms with Gasteiger partial charge in [0, 0.05) is 0 Å². The molecule has 0 bridgehead atoms. The highest BCUT2D eigenvalue weighted by Gasteiger charge is 2.16. The van der Waals surface area contributed by atoms with Gasteiger partial charge in [-0.2, -0.15) is 0 Å². The average Bonchev–Trinajstić information content (AvgIpc) is 2.79. The highest BCUT2D eigenvalue weighted by atomic mass is 16.4. The van der Waals surface area contributed by atoms with Gasteiger partial charge in [0.1, 0.15) is 0 Å². The van der Waals surface area contributed by atoms with E-state index < -0.39 is 5.97 Å². The van der Waals surface area contributed by atoms with Crippen LogP contribution in [-0.2, 0) is 4.79 Å². The molecule has 0 aromatic rings. The first-order valence-corrected chi connectivity index (χ1v) is 15.0. The summed E-state index contributed by atoms with van der Waals surface area (Å²) >= 11 is 0. The van der Waals surface area contributed by atoms with Crippen molar-refractivity contribution in [2.24, 2.45) is 11.8 Å². The van der Waals surface area contributed by atoms with Crippen molar-refractivity contribution in [1.29, 1.82) is 0 Å². The van der Waals surface area contributed by atoms with E-state index in [2.05, 4.69) is 32.9 Å². The number of carboxylic acid groups (broad SMARTS) is 1. The van der Waals surface area contributed by atoms with E-state index in [1.54, 1.807) is 0 Å². The highest BCUT2D eigenvalue weighted by Crippen LogP contribution is 2.20. The first kappa shape index (κ1) is 32.2. The molecule has 0 saturated carbocycles. The molecule has 0 heterocycles. The number of allylic oxidation sites excluding steroid dienone is 2. The predicted octanol–water partition coefficient (Wildman–Crippen LogP) is 10.9. The summed E-state index contributed by atoms with van der Waals surface area (Å²) in [5.74, 6) is 0.174. The smallest absolute Gasteiger partial charge is 0.306 e. The Hall–Kier alpha value is -0.790. The molecule has 2 atom stereocenters. The van der Waals surface area contributed by atoms with Crippen molar-refractivity contribution in [1.82, 2.24) is 0 Å². The van der Waals surface area contributed by atoms with Crippen molar-refractivity contribution in [2.75, 3.05) is 0 Å². The van der Waals surface area contributed by atoms with Crippen LogP contribution < -0.4 is 0 Å². The highest BCUT2D eigenvalue weighted by molar-refractivity contribution is 5.69. The first-order chi connectivity index (χ1) is 16.1. The summed E-state index contributed by atoms with van der Waals surface area (Å²) in [6.45, 7) is 6.90. The van der Waals surface area contributed by atoms with E-state index in [9.17, 15) is 9.90 Å². The molecule has 1 N–H and O–H groups in total. The van der Waals surface area contributed by atoms with Crippen molar-refractivity contribution in [2.45, 2.75) is 168 Å². The molecule has 2 unspecified atom stereocenters. The molecule has 0 aliphatic rings. The number of carboxylic acids is 1. The van der Waals surface area contributed by atoms with Gasteiger partial charge in [0.25, 0.3) is 0 Å². The molecule has 0 amide bonds. The fourth-order valence-corrected chi connectivity index (χ4v) is 4.88. The number of rotatable bonds is 26. The average molecular weight is 465 g/mol. The number of carbonyl (C=O) groups is 1. The fourth-order valence-electron chi connectivity index (χ4n) is 4.88. The maximum Gasteiger partial charge on any atom is 0.306 e. The molecule has 0 aromatic carbocycles. The zero-order valence-corrected chi connectivity index (χ0v) is 22.9. The molecule has 0 aliphatic heterocycles. The Balaban J connectivity index is 3.53. The molecule has 2 nitrogen and oxygen atoms in total. The summed E-state index contributed by atoms with van der Waals surface area (Å²) in [6, 6.07) is 0. The maximum atomic E-state index is 11.6. The summed E-state index contributed by atoms with van der Waals surface area (Å²) in [4.78, 5) is 11.6. The minimum atomic E-state index is -0.571. The minimum Gasteiger partial charge on any atom is -0.481 e. The first-order valence-electron chi connectivity index (χ1n) is 15.0. The van der Waals surface area contributed by atoms with Crippen molar-refractivity contribution >= 4 is 5.97 Å². The Bertz CT molecular complexity index is 429. The zero-order valence-electron chi connectivity index (χ0n) is 22.9. The number of unbranched alkanes of at least 4 members (excludes halogenated alkanes) is 15. The summed E-state index contributed by atoms with van der Waals surface area (Å²) in [5.41, 5.74) is 0. The molecule has 0 spiro atoms. The normalized spacial score (nSPS) is 13.5. The number of hydrogen-bond acceptors (Lipinski definition) is 1. The molecule has 0 rings (SSSR count). The summed E-state index contributed by atoms with van der Waals surface area (Å²) in [6.07, 6.45) is 33.6. The van der Waals surface area contributed by atoms with Gasteiger partial charge in [0.2, 0.25) is 0 Å². The van der Waals surface area contributed by atoms with E-state index in [1.165, 1.54) is 122 Å². The van der Waals surface area contributed by atoms with Crippen LogP contribution in [0, 0.1) is 11.8 Å². The lowest BCUT2D eigenvalue weighted by Crippen LogP contribution is -2.13. The molecular weight excluding hydrogens is 404 g/mol. The third kappa shape index (κ3) is 24.1. The van der Waals surface area contributed by atoms with Crippen molar-refractivity contribution in [3.63, 3.8) is 0 Å². The van der Waals surface area contributed by atoms with Gasteiger partial charge < -0.3 is 5.11 Å². The van der Waals surface area contributed by atoms with E-state index in [-0.39, 0.29) is 5.92 Å². The summed E-state index contributed by atoms with van der Waals surface area (Å²) in [5, 5.41) is 9.54. The van der Waals surface area contributed by atoms with Gasteiger partial charge in [0.15, 0.2) is 0 Å². The summed E-state index contributed by atoms with van der Waals surface area (Å²) in [7, 11) is 0. The number of hydrogen-bond donors (Lipinski definition) is 1. The molecule has 196 valence electrons. The molecule has 0 saturated heterocycles. The van der Waals surface area contributed by atoms with Gasteiger partial charge in [0.05, 0.1) is 5.92 Å². The quantitative estimate of drug-likeness (QED) is 0.102. The van der Waals surface area contributed by atoms with Crippen LogP contribution in [0.1, 0.15) is 168 Å². The molecule has 0 aromatic heterocycles. The second-order valence-electron chi connectivity index (χ2n) is 10.6. The van der Waals surface area contributed by atoms with Crippen LogP contribution in [-0.4, -0.2) is 11.1 Å². The Kier molecular flexibility index (Phi) is 25.2. The zero-order chi connectivity index (χ0) is 24.4. The predicted molar refractivity (Wildman–Crippen MR) is 147 cm³/mol. The van der Waals surface area contributed by atoms with E-state index in [4.69, 9.17) is 0 Å². The molecular formula is C31H60O2. The van der Waals surface area contributed by atoms with Crippen LogP contribution in [0.2, 0.25) is 0 Å². The second kappa shape index (κ2) is 25.8. The third-order valence-corrected chi connectivity index (χ3v) is 7.20. The van der Waals surface area contributed by atoms with Gasteiger partial charge in [-0.3, -0.25) is 4.79 Å². The second-order valence-corrected chi connectivity index (χ2v) is 10.6. The fraction of sp³-hybridized carbons (Fsp3) is 0.903. The molecule has 0 radical (unpaired) electrons. The number of aliphatic carboxylic acids is 1. The molecule has 2 heteroatoms. The van der Waals surface area contributed by atoms with Crippen LogP contribution in [0.15, 0.2) is 12.2 Å². The van der Waals surface area contributed by atoms with Crippen LogP contribution in [0.25, 0.3) is 0 Å². The van der Waals surface area contributed by atoms with Gasteiger partial charge >= 0.3 is 5.97 Å². The van der Waals surface area contributed by atoms with E-state index >= 15 is 0 Å². The monoisotopic (exact) mass is 464 g/mol. The van der Waals surface area contributed by atoms with Crippen LogP contribution in [0.5, 0.6) is 0 Å². The van der Waals surface area contributed by atoms with Crippen LogP contribution in [0.3, 0.4) is 0 Å². The van der Waals surface area contributed by atoms with Gasteiger partial charge in [-0.1, -0.05) is 142 Å². The topological polar surface area (TPSA) is 37.3 Å². The Morgan fingerprint density at radius 1 is 0.576 bits per heavy atom. The van der Waals surface area contributed by atoms with Gasteiger partial charge in [-0.25, -0.2) is 0 Å². The minimum absolute atomic E-state index is 0.113. The molecule has 0 fully saturated rings. The Morgan fingerprint density at radius 2 is 1.03 bits per heavy atom.